The molecule has 0 atom stereocenters. The molecule has 2 aromatic carbocycles. The van der Waals surface area contributed by atoms with Crippen LogP contribution in [-0.2, 0) is 4.79 Å². The molecule has 1 heterocycles. The van der Waals surface area contributed by atoms with Gasteiger partial charge in [0.1, 0.15) is 16.7 Å². The predicted molar refractivity (Wildman–Crippen MR) is 79.6 cm³/mol. The van der Waals surface area contributed by atoms with Crippen LogP contribution in [0.1, 0.15) is 6.92 Å². The third kappa shape index (κ3) is 2.31. The molecule has 0 N–H and O–H groups in total. The maximum atomic E-state index is 11.5. The fourth-order valence-electron chi connectivity index (χ4n) is 2.30. The number of nitro groups is 1. The lowest BCUT2D eigenvalue weighted by atomic mass is 10.1. The third-order valence-corrected chi connectivity index (χ3v) is 3.12. The first kappa shape index (κ1) is 13.8. The van der Waals surface area contributed by atoms with Crippen molar-refractivity contribution in [3.63, 3.8) is 0 Å². The third-order valence-electron chi connectivity index (χ3n) is 3.12. The number of esters is 1. The first-order chi connectivity index (χ1) is 10.6. The van der Waals surface area contributed by atoms with E-state index in [4.69, 9.17) is 9.15 Å². The standard InChI is InChI=1S/C16H11NO5/c1-10(18)21-12-8-5-9-13-14(12)15(17(19)20)16(22-13)11-6-3-2-4-7-11/h2-9H,1H3. The highest BCUT2D eigenvalue weighted by Crippen LogP contribution is 2.43. The summed E-state index contributed by atoms with van der Waals surface area (Å²) in [4.78, 5) is 22.2. The van der Waals surface area contributed by atoms with Crippen LogP contribution in [0.3, 0.4) is 0 Å². The van der Waals surface area contributed by atoms with Crippen LogP contribution in [0.5, 0.6) is 5.75 Å². The number of hydrogen-bond donors (Lipinski definition) is 0. The molecular formula is C16H11NO5. The molecule has 1 aromatic heterocycles. The summed E-state index contributed by atoms with van der Waals surface area (Å²) in [5, 5.41) is 11.7. The minimum absolute atomic E-state index is 0.114. The van der Waals surface area contributed by atoms with Crippen LogP contribution in [0.25, 0.3) is 22.3 Å². The molecule has 0 unspecified atom stereocenters. The number of furan rings is 1. The number of hydrogen-bond acceptors (Lipinski definition) is 5. The average molecular weight is 297 g/mol. The van der Waals surface area contributed by atoms with Crippen LogP contribution >= 0.6 is 0 Å². The zero-order valence-corrected chi connectivity index (χ0v) is 11.6. The van der Waals surface area contributed by atoms with E-state index in [1.165, 1.54) is 13.0 Å². The average Bonchev–Trinajstić information content (AvgIpc) is 2.88. The van der Waals surface area contributed by atoms with Crippen molar-refractivity contribution in [3.8, 4) is 17.1 Å². The van der Waals surface area contributed by atoms with Crippen molar-refractivity contribution in [1.29, 1.82) is 0 Å². The van der Waals surface area contributed by atoms with Gasteiger partial charge in [-0.25, -0.2) is 0 Å². The Labute approximate surface area is 125 Å². The highest BCUT2D eigenvalue weighted by molar-refractivity contribution is 6.00. The van der Waals surface area contributed by atoms with Crippen LogP contribution in [0.4, 0.5) is 5.69 Å². The summed E-state index contributed by atoms with van der Waals surface area (Å²) in [6, 6.07) is 13.5. The molecule has 0 fully saturated rings. The van der Waals surface area contributed by atoms with Gasteiger partial charge in [-0.3, -0.25) is 14.9 Å². The Bertz CT molecular complexity index is 867. The van der Waals surface area contributed by atoms with Gasteiger partial charge in [-0.1, -0.05) is 36.4 Å². The number of nitrogens with zero attached hydrogens (tertiary/aromatic N) is 1. The number of rotatable bonds is 3. The van der Waals surface area contributed by atoms with Gasteiger partial charge in [0.25, 0.3) is 0 Å². The Morgan fingerprint density at radius 2 is 1.86 bits per heavy atom. The van der Waals surface area contributed by atoms with Gasteiger partial charge >= 0.3 is 11.7 Å². The van der Waals surface area contributed by atoms with Crippen molar-refractivity contribution in [2.45, 2.75) is 6.92 Å². The van der Waals surface area contributed by atoms with Gasteiger partial charge in [-0.05, 0) is 12.1 Å². The summed E-state index contributed by atoms with van der Waals surface area (Å²) in [7, 11) is 0. The molecular weight excluding hydrogens is 286 g/mol. The fraction of sp³-hybridized carbons (Fsp3) is 0.0625. The van der Waals surface area contributed by atoms with E-state index >= 15 is 0 Å². The first-order valence-electron chi connectivity index (χ1n) is 6.51. The number of carbonyl (C=O) groups excluding carboxylic acids is 1. The number of carbonyl (C=O) groups is 1. The van der Waals surface area contributed by atoms with Gasteiger partial charge in [0.15, 0.2) is 0 Å². The van der Waals surface area contributed by atoms with E-state index in [0.29, 0.717) is 11.1 Å². The first-order valence-corrected chi connectivity index (χ1v) is 6.51. The van der Waals surface area contributed by atoms with Crippen LogP contribution in [-0.4, -0.2) is 10.9 Å². The van der Waals surface area contributed by atoms with E-state index in [1.807, 2.05) is 6.07 Å². The van der Waals surface area contributed by atoms with E-state index in [-0.39, 0.29) is 22.6 Å². The summed E-state index contributed by atoms with van der Waals surface area (Å²) in [6.07, 6.45) is 0. The van der Waals surface area contributed by atoms with Crippen molar-refractivity contribution in [2.24, 2.45) is 0 Å². The SMILES string of the molecule is CC(=O)Oc1cccc2oc(-c3ccccc3)c([N+](=O)[O-])c12. The molecule has 0 saturated heterocycles. The summed E-state index contributed by atoms with van der Waals surface area (Å²) in [6.45, 7) is 1.24. The highest BCUT2D eigenvalue weighted by Gasteiger charge is 2.28. The van der Waals surface area contributed by atoms with E-state index < -0.39 is 10.9 Å². The highest BCUT2D eigenvalue weighted by atomic mass is 16.6. The quantitative estimate of drug-likeness (QED) is 0.316. The van der Waals surface area contributed by atoms with E-state index in [1.54, 1.807) is 36.4 Å². The Balaban J connectivity index is 2.33. The minimum atomic E-state index is -0.552. The molecule has 3 rings (SSSR count). The largest absolute Gasteiger partial charge is 0.448 e. The lowest BCUT2D eigenvalue weighted by Gasteiger charge is -2.01. The Kier molecular flexibility index (Phi) is 3.34. The molecule has 3 aromatic rings. The molecule has 0 radical (unpaired) electrons. The van der Waals surface area contributed by atoms with E-state index in [0.717, 1.165) is 0 Å². The second-order valence-corrected chi connectivity index (χ2v) is 4.63. The molecule has 22 heavy (non-hydrogen) atoms. The van der Waals surface area contributed by atoms with Crippen molar-refractivity contribution in [2.75, 3.05) is 0 Å². The number of benzene rings is 2. The molecule has 0 spiro atoms. The summed E-state index contributed by atoms with van der Waals surface area (Å²) < 4.78 is 10.7. The molecule has 6 nitrogen and oxygen atoms in total. The van der Waals surface area contributed by atoms with Gasteiger partial charge in [0, 0.05) is 12.5 Å². The van der Waals surface area contributed by atoms with Gasteiger partial charge in [0.2, 0.25) is 5.76 Å². The molecule has 0 aliphatic rings. The second kappa shape index (κ2) is 5.33. The Morgan fingerprint density at radius 3 is 2.50 bits per heavy atom. The zero-order chi connectivity index (χ0) is 15.7. The molecule has 110 valence electrons. The zero-order valence-electron chi connectivity index (χ0n) is 11.6. The minimum Gasteiger partial charge on any atom is -0.448 e. The van der Waals surface area contributed by atoms with Crippen molar-refractivity contribution in [3.05, 3.63) is 58.6 Å². The summed E-state index contributed by atoms with van der Waals surface area (Å²) in [5.41, 5.74) is 0.668. The number of ether oxygens (including phenoxy) is 1. The van der Waals surface area contributed by atoms with Crippen LogP contribution in [0, 0.1) is 10.1 Å². The van der Waals surface area contributed by atoms with Crippen LogP contribution in [0.2, 0.25) is 0 Å². The van der Waals surface area contributed by atoms with Crippen molar-refractivity contribution in [1.82, 2.24) is 0 Å². The molecule has 0 saturated carbocycles. The van der Waals surface area contributed by atoms with Gasteiger partial charge in [0.05, 0.1) is 4.92 Å². The maximum Gasteiger partial charge on any atom is 0.326 e. The van der Waals surface area contributed by atoms with Crippen molar-refractivity contribution >= 4 is 22.6 Å². The monoisotopic (exact) mass is 297 g/mol. The van der Waals surface area contributed by atoms with E-state index in [2.05, 4.69) is 0 Å². The van der Waals surface area contributed by atoms with Gasteiger partial charge < -0.3 is 9.15 Å². The topological polar surface area (TPSA) is 82.6 Å². The van der Waals surface area contributed by atoms with Gasteiger partial charge in [-0.2, -0.15) is 0 Å². The molecule has 0 bridgehead atoms. The van der Waals surface area contributed by atoms with E-state index in [9.17, 15) is 14.9 Å². The molecule has 0 aliphatic carbocycles. The fourth-order valence-corrected chi connectivity index (χ4v) is 2.30. The van der Waals surface area contributed by atoms with Crippen LogP contribution < -0.4 is 4.74 Å². The molecule has 0 aliphatic heterocycles. The Morgan fingerprint density at radius 1 is 1.14 bits per heavy atom. The number of fused-ring (bicyclic) bond motifs is 1. The van der Waals surface area contributed by atoms with Crippen molar-refractivity contribution < 1.29 is 18.9 Å². The lowest BCUT2D eigenvalue weighted by Crippen LogP contribution is -2.02. The molecule has 0 amide bonds. The smallest absolute Gasteiger partial charge is 0.326 e. The molecule has 6 heteroatoms. The van der Waals surface area contributed by atoms with Crippen LogP contribution in [0.15, 0.2) is 52.9 Å². The summed E-state index contributed by atoms with van der Waals surface area (Å²) >= 11 is 0. The lowest BCUT2D eigenvalue weighted by molar-refractivity contribution is -0.382. The summed E-state index contributed by atoms with van der Waals surface area (Å²) in [5.74, 6) is -0.299. The van der Waals surface area contributed by atoms with Gasteiger partial charge in [-0.15, -0.1) is 0 Å². The predicted octanol–water partition coefficient (Wildman–Crippen LogP) is 3.93. The second-order valence-electron chi connectivity index (χ2n) is 4.63. The Hall–Kier alpha value is -3.15. The maximum absolute atomic E-state index is 11.5. The normalized spacial score (nSPS) is 10.6.